The van der Waals surface area contributed by atoms with Gasteiger partial charge in [-0.15, -0.1) is 0 Å². The fourth-order valence-corrected chi connectivity index (χ4v) is 3.21. The first-order valence-electron chi connectivity index (χ1n) is 7.10. The van der Waals surface area contributed by atoms with Crippen molar-refractivity contribution in [3.8, 4) is 0 Å². The van der Waals surface area contributed by atoms with Gasteiger partial charge in [0.15, 0.2) is 0 Å². The number of anilines is 1. The van der Waals surface area contributed by atoms with Crippen LogP contribution < -0.4 is 10.2 Å². The molecule has 3 nitrogen and oxygen atoms in total. The number of aliphatic hydroxyl groups is 1. The van der Waals surface area contributed by atoms with Crippen molar-refractivity contribution < 1.29 is 13.9 Å². The molecule has 3 unspecified atom stereocenters. The normalized spacial score (nSPS) is 30.1. The Morgan fingerprint density at radius 3 is 2.55 bits per heavy atom. The molecule has 20 heavy (non-hydrogen) atoms. The van der Waals surface area contributed by atoms with Crippen molar-refractivity contribution in [2.45, 2.75) is 19.0 Å². The van der Waals surface area contributed by atoms with Crippen LogP contribution in [0.2, 0.25) is 0 Å². The van der Waals surface area contributed by atoms with Gasteiger partial charge in [0.05, 0.1) is 17.9 Å². The predicted octanol–water partition coefficient (Wildman–Crippen LogP) is 2.03. The molecule has 2 bridgehead atoms. The van der Waals surface area contributed by atoms with Gasteiger partial charge >= 0.3 is 0 Å². The van der Waals surface area contributed by atoms with E-state index in [0.29, 0.717) is 26.2 Å². The van der Waals surface area contributed by atoms with Crippen LogP contribution in [-0.2, 0) is 0 Å². The maximum Gasteiger partial charge on any atom is 0.259 e. The lowest BCUT2D eigenvalue weighted by Crippen LogP contribution is -2.62. The third-order valence-corrected chi connectivity index (χ3v) is 4.47. The number of aliphatic hydroxyl groups excluding tert-OH is 1. The molecule has 0 aromatic heterocycles. The van der Waals surface area contributed by atoms with Gasteiger partial charge in [0.2, 0.25) is 0 Å². The van der Waals surface area contributed by atoms with Gasteiger partial charge in [-0.05, 0) is 24.6 Å². The van der Waals surface area contributed by atoms with Crippen LogP contribution in [0.5, 0.6) is 0 Å². The summed E-state index contributed by atoms with van der Waals surface area (Å²) in [7, 11) is 0. The molecule has 0 amide bonds. The van der Waals surface area contributed by atoms with Crippen molar-refractivity contribution in [2.24, 2.45) is 11.8 Å². The zero-order valence-electron chi connectivity index (χ0n) is 11.5. The Morgan fingerprint density at radius 2 is 1.95 bits per heavy atom. The number of rotatable bonds is 2. The Kier molecular flexibility index (Phi) is 3.42. The second-order valence-electron chi connectivity index (χ2n) is 5.90. The minimum absolute atomic E-state index is 0.361. The molecule has 0 radical (unpaired) electrons. The lowest BCUT2D eigenvalue weighted by atomic mass is 9.81. The summed E-state index contributed by atoms with van der Waals surface area (Å²) in [6.07, 6.45) is -0.539. The van der Waals surface area contributed by atoms with E-state index in [1.54, 1.807) is 6.92 Å². The highest BCUT2D eigenvalue weighted by Gasteiger charge is 2.53. The van der Waals surface area contributed by atoms with E-state index in [0.717, 1.165) is 11.3 Å². The van der Waals surface area contributed by atoms with Crippen molar-refractivity contribution in [2.75, 3.05) is 31.1 Å². The molecule has 1 aromatic carbocycles. The van der Waals surface area contributed by atoms with Crippen LogP contribution in [0, 0.1) is 11.8 Å². The standard InChI is InChI=1S/C15H20F2N2O/c1-10(20)11-3-2-4-14(5-11)19-8-12-6-18-7-13(9-19)15(12,16)17/h2-5,10,12-13,18,20H,6-9H2,1H3. The van der Waals surface area contributed by atoms with E-state index in [-0.39, 0.29) is 0 Å². The number of hydrogen-bond donors (Lipinski definition) is 2. The van der Waals surface area contributed by atoms with Gasteiger partial charge in [-0.3, -0.25) is 0 Å². The van der Waals surface area contributed by atoms with Gasteiger partial charge in [0.1, 0.15) is 0 Å². The third kappa shape index (κ3) is 2.29. The molecule has 2 heterocycles. The van der Waals surface area contributed by atoms with E-state index in [1.807, 2.05) is 29.2 Å². The molecular formula is C15H20F2N2O. The van der Waals surface area contributed by atoms with E-state index >= 15 is 0 Å². The van der Waals surface area contributed by atoms with Crippen molar-refractivity contribution in [1.82, 2.24) is 5.32 Å². The second kappa shape index (κ2) is 4.97. The van der Waals surface area contributed by atoms with E-state index in [9.17, 15) is 13.9 Å². The summed E-state index contributed by atoms with van der Waals surface area (Å²) in [5.41, 5.74) is 1.75. The van der Waals surface area contributed by atoms with E-state index in [2.05, 4.69) is 5.32 Å². The zero-order chi connectivity index (χ0) is 14.3. The summed E-state index contributed by atoms with van der Waals surface area (Å²) >= 11 is 0. The van der Waals surface area contributed by atoms with Crippen LogP contribution in [0.4, 0.5) is 14.5 Å². The maximum atomic E-state index is 14.1. The number of fused-ring (bicyclic) bond motifs is 2. The summed E-state index contributed by atoms with van der Waals surface area (Å²) < 4.78 is 28.2. The predicted molar refractivity (Wildman–Crippen MR) is 74.1 cm³/mol. The van der Waals surface area contributed by atoms with Gasteiger partial charge in [-0.25, -0.2) is 8.78 Å². The van der Waals surface area contributed by atoms with E-state index in [4.69, 9.17) is 0 Å². The molecule has 2 saturated heterocycles. The highest BCUT2D eigenvalue weighted by Crippen LogP contribution is 2.41. The van der Waals surface area contributed by atoms with Crippen LogP contribution >= 0.6 is 0 Å². The Hall–Kier alpha value is -1.20. The molecule has 2 fully saturated rings. The van der Waals surface area contributed by atoms with Gasteiger partial charge < -0.3 is 15.3 Å². The Bertz CT molecular complexity index is 477. The van der Waals surface area contributed by atoms with Crippen molar-refractivity contribution >= 4 is 5.69 Å². The van der Waals surface area contributed by atoms with E-state index in [1.165, 1.54) is 0 Å². The number of alkyl halides is 2. The number of piperidine rings is 2. The molecule has 2 N–H and O–H groups in total. The molecule has 2 aliphatic rings. The molecule has 0 spiro atoms. The smallest absolute Gasteiger partial charge is 0.259 e. The van der Waals surface area contributed by atoms with Crippen LogP contribution in [0.15, 0.2) is 24.3 Å². The van der Waals surface area contributed by atoms with Crippen LogP contribution in [0.3, 0.4) is 0 Å². The van der Waals surface area contributed by atoms with Gasteiger partial charge in [-0.2, -0.15) is 0 Å². The number of nitrogens with zero attached hydrogens (tertiary/aromatic N) is 1. The first kappa shape index (κ1) is 13.8. The fourth-order valence-electron chi connectivity index (χ4n) is 3.21. The zero-order valence-corrected chi connectivity index (χ0v) is 11.5. The quantitative estimate of drug-likeness (QED) is 0.871. The molecule has 1 aromatic rings. The summed E-state index contributed by atoms with van der Waals surface area (Å²) in [6.45, 7) is 3.17. The first-order chi connectivity index (χ1) is 9.48. The molecule has 3 atom stereocenters. The monoisotopic (exact) mass is 282 g/mol. The second-order valence-corrected chi connectivity index (χ2v) is 5.90. The maximum absolute atomic E-state index is 14.1. The van der Waals surface area contributed by atoms with Crippen molar-refractivity contribution in [1.29, 1.82) is 0 Å². The highest BCUT2D eigenvalue weighted by molar-refractivity contribution is 5.50. The molecule has 2 aliphatic heterocycles. The average Bonchev–Trinajstić information content (AvgIpc) is 2.37. The topological polar surface area (TPSA) is 35.5 Å². The average molecular weight is 282 g/mol. The SMILES string of the molecule is CC(O)c1cccc(N2CC3CNCC(C2)C3(F)F)c1. The molecule has 0 saturated carbocycles. The summed E-state index contributed by atoms with van der Waals surface area (Å²) in [4.78, 5) is 2.03. The molecular weight excluding hydrogens is 262 g/mol. The first-order valence-corrected chi connectivity index (χ1v) is 7.10. The number of nitrogens with one attached hydrogen (secondary N) is 1. The number of halogens is 2. The van der Waals surface area contributed by atoms with Crippen LogP contribution in [-0.4, -0.2) is 37.2 Å². The Labute approximate surface area is 117 Å². The minimum Gasteiger partial charge on any atom is -0.389 e. The molecule has 3 rings (SSSR count). The molecule has 0 aliphatic carbocycles. The fraction of sp³-hybridized carbons (Fsp3) is 0.600. The van der Waals surface area contributed by atoms with Gasteiger partial charge in [-0.1, -0.05) is 12.1 Å². The van der Waals surface area contributed by atoms with Gasteiger partial charge in [0, 0.05) is 31.9 Å². The molecule has 5 heteroatoms. The number of hydrogen-bond acceptors (Lipinski definition) is 3. The van der Waals surface area contributed by atoms with Crippen molar-refractivity contribution in [3.05, 3.63) is 29.8 Å². The summed E-state index contributed by atoms with van der Waals surface area (Å²) in [5, 5.41) is 12.7. The largest absolute Gasteiger partial charge is 0.389 e. The Morgan fingerprint density at radius 1 is 1.30 bits per heavy atom. The summed E-state index contributed by atoms with van der Waals surface area (Å²) in [6, 6.07) is 7.56. The summed E-state index contributed by atoms with van der Waals surface area (Å²) in [5.74, 6) is -3.83. The van der Waals surface area contributed by atoms with Crippen LogP contribution in [0.25, 0.3) is 0 Å². The molecule has 110 valence electrons. The Balaban J connectivity index is 1.84. The van der Waals surface area contributed by atoms with Crippen LogP contribution in [0.1, 0.15) is 18.6 Å². The third-order valence-electron chi connectivity index (χ3n) is 4.47. The lowest BCUT2D eigenvalue weighted by Gasteiger charge is -2.48. The van der Waals surface area contributed by atoms with E-state index < -0.39 is 23.9 Å². The van der Waals surface area contributed by atoms with Gasteiger partial charge in [0.25, 0.3) is 5.92 Å². The minimum atomic E-state index is -2.57. The lowest BCUT2D eigenvalue weighted by molar-refractivity contribution is -0.130. The highest BCUT2D eigenvalue weighted by atomic mass is 19.3. The van der Waals surface area contributed by atoms with Crippen molar-refractivity contribution in [3.63, 3.8) is 0 Å². The number of benzene rings is 1.